The van der Waals surface area contributed by atoms with Crippen molar-refractivity contribution in [3.8, 4) is 5.75 Å². The van der Waals surface area contributed by atoms with Gasteiger partial charge in [0.2, 0.25) is 5.91 Å². The van der Waals surface area contributed by atoms with Gasteiger partial charge in [-0.15, -0.1) is 0 Å². The fraction of sp³-hybridized carbons (Fsp3) is 0.588. The topological polar surface area (TPSA) is 72.5 Å². The molecule has 1 aliphatic rings. The minimum Gasteiger partial charge on any atom is -0.493 e. The van der Waals surface area contributed by atoms with Crippen LogP contribution in [0.25, 0.3) is 0 Å². The Bertz CT molecular complexity index is 663. The Hall–Kier alpha value is -1.56. The van der Waals surface area contributed by atoms with Crippen molar-refractivity contribution in [2.24, 2.45) is 5.92 Å². The van der Waals surface area contributed by atoms with Crippen LogP contribution in [0, 0.1) is 19.8 Å². The van der Waals surface area contributed by atoms with Gasteiger partial charge in [-0.2, -0.15) is 0 Å². The van der Waals surface area contributed by atoms with Crippen LogP contribution < -0.4 is 10.1 Å². The maximum Gasteiger partial charge on any atom is 0.223 e. The van der Waals surface area contributed by atoms with E-state index in [0.717, 1.165) is 16.9 Å². The molecule has 0 radical (unpaired) electrons. The van der Waals surface area contributed by atoms with Gasteiger partial charge in [-0.05, 0) is 49.8 Å². The Balaban J connectivity index is 1.64. The molecule has 0 aromatic heterocycles. The molecule has 128 valence electrons. The molecule has 0 unspecified atom stereocenters. The minimum absolute atomic E-state index is 0.0573. The lowest BCUT2D eigenvalue weighted by atomic mass is 9.85. The van der Waals surface area contributed by atoms with Crippen molar-refractivity contribution in [3.63, 3.8) is 0 Å². The molecule has 0 atom stereocenters. The molecule has 6 heteroatoms. The standard InChI is InChI=1S/C17H25NO4S/c1-12-4-5-13(2)16(8-12)22-7-6-17(19)18-11-14-9-15(10-14)23(3,20)21/h4-5,8,14-15H,6-7,9-11H2,1-3H3,(H,18,19). The summed E-state index contributed by atoms with van der Waals surface area (Å²) in [6, 6.07) is 5.99. The van der Waals surface area contributed by atoms with Crippen molar-refractivity contribution in [1.29, 1.82) is 0 Å². The average Bonchev–Trinajstić information content (AvgIpc) is 2.39. The number of amides is 1. The van der Waals surface area contributed by atoms with Gasteiger partial charge in [0, 0.05) is 12.8 Å². The van der Waals surface area contributed by atoms with Gasteiger partial charge in [-0.1, -0.05) is 12.1 Å². The van der Waals surface area contributed by atoms with E-state index in [2.05, 4.69) is 5.32 Å². The molecule has 0 heterocycles. The average molecular weight is 339 g/mol. The number of aryl methyl sites for hydroxylation is 2. The van der Waals surface area contributed by atoms with Gasteiger partial charge in [0.05, 0.1) is 18.3 Å². The first-order valence-corrected chi connectivity index (χ1v) is 9.87. The summed E-state index contributed by atoms with van der Waals surface area (Å²) in [5.41, 5.74) is 2.18. The molecular weight excluding hydrogens is 314 g/mol. The van der Waals surface area contributed by atoms with Gasteiger partial charge >= 0.3 is 0 Å². The van der Waals surface area contributed by atoms with Crippen LogP contribution in [0.1, 0.15) is 30.4 Å². The van der Waals surface area contributed by atoms with Gasteiger partial charge in [-0.3, -0.25) is 4.79 Å². The number of benzene rings is 1. The van der Waals surface area contributed by atoms with E-state index in [1.165, 1.54) is 6.26 Å². The summed E-state index contributed by atoms with van der Waals surface area (Å²) in [5, 5.41) is 2.63. The summed E-state index contributed by atoms with van der Waals surface area (Å²) < 4.78 is 28.3. The van der Waals surface area contributed by atoms with Crippen LogP contribution in [0.4, 0.5) is 0 Å². The summed E-state index contributed by atoms with van der Waals surface area (Å²) in [7, 11) is -2.92. The Labute approximate surface area is 138 Å². The van der Waals surface area contributed by atoms with Gasteiger partial charge in [0.25, 0.3) is 0 Å². The molecule has 1 aromatic carbocycles. The molecule has 1 aromatic rings. The van der Waals surface area contributed by atoms with Crippen LogP contribution in [0.3, 0.4) is 0 Å². The normalized spacial score (nSPS) is 20.7. The maximum absolute atomic E-state index is 11.8. The Morgan fingerprint density at radius 3 is 2.65 bits per heavy atom. The van der Waals surface area contributed by atoms with Crippen LogP contribution in [0.2, 0.25) is 0 Å². The number of rotatable bonds is 7. The SMILES string of the molecule is Cc1ccc(C)c(OCCC(=O)NCC2CC(S(C)(=O)=O)C2)c1. The first-order chi connectivity index (χ1) is 10.8. The second kappa shape index (κ2) is 7.34. The second-order valence-electron chi connectivity index (χ2n) is 6.46. The molecule has 1 amide bonds. The third-order valence-corrected chi connectivity index (χ3v) is 5.91. The lowest BCUT2D eigenvalue weighted by molar-refractivity contribution is -0.121. The number of hydrogen-bond acceptors (Lipinski definition) is 4. The van der Waals surface area contributed by atoms with Crippen LogP contribution in [0.5, 0.6) is 5.75 Å². The summed E-state index contributed by atoms with van der Waals surface area (Å²) in [6.45, 7) is 4.87. The van der Waals surface area contributed by atoms with Gasteiger partial charge in [0.15, 0.2) is 0 Å². The van der Waals surface area contributed by atoms with E-state index in [1.807, 2.05) is 32.0 Å². The zero-order chi connectivity index (χ0) is 17.0. The predicted octanol–water partition coefficient (Wildman–Crippen LogP) is 2.01. The number of nitrogens with one attached hydrogen (secondary N) is 1. The summed E-state index contributed by atoms with van der Waals surface area (Å²) in [5.74, 6) is 1.03. The first-order valence-electron chi connectivity index (χ1n) is 7.91. The largest absolute Gasteiger partial charge is 0.493 e. The highest BCUT2D eigenvalue weighted by Gasteiger charge is 2.35. The van der Waals surface area contributed by atoms with Crippen LogP contribution >= 0.6 is 0 Å². The molecular formula is C17H25NO4S. The Morgan fingerprint density at radius 2 is 2.00 bits per heavy atom. The third kappa shape index (κ3) is 5.23. The molecule has 1 fully saturated rings. The number of sulfone groups is 1. The molecule has 23 heavy (non-hydrogen) atoms. The summed E-state index contributed by atoms with van der Waals surface area (Å²) in [4.78, 5) is 11.8. The zero-order valence-electron chi connectivity index (χ0n) is 14.0. The lowest BCUT2D eigenvalue weighted by Crippen LogP contribution is -2.42. The van der Waals surface area contributed by atoms with Crippen molar-refractivity contribution in [2.45, 2.75) is 38.4 Å². The van der Waals surface area contributed by atoms with Crippen molar-refractivity contribution in [1.82, 2.24) is 5.32 Å². The predicted molar refractivity (Wildman–Crippen MR) is 90.4 cm³/mol. The van der Waals surface area contributed by atoms with Crippen molar-refractivity contribution in [2.75, 3.05) is 19.4 Å². The number of carbonyl (C=O) groups excluding carboxylic acids is 1. The molecule has 0 bridgehead atoms. The molecule has 1 saturated carbocycles. The van der Waals surface area contributed by atoms with E-state index < -0.39 is 9.84 Å². The summed E-state index contributed by atoms with van der Waals surface area (Å²) >= 11 is 0. The Kier molecular flexibility index (Phi) is 5.68. The van der Waals surface area contributed by atoms with Crippen LogP contribution in [0.15, 0.2) is 18.2 Å². The van der Waals surface area contributed by atoms with Gasteiger partial charge in [-0.25, -0.2) is 8.42 Å². The van der Waals surface area contributed by atoms with Gasteiger partial charge in [0.1, 0.15) is 15.6 Å². The first kappa shape index (κ1) is 17.8. The molecule has 5 nitrogen and oxygen atoms in total. The van der Waals surface area contributed by atoms with E-state index in [4.69, 9.17) is 4.74 Å². The zero-order valence-corrected chi connectivity index (χ0v) is 14.8. The molecule has 0 aliphatic heterocycles. The number of hydrogen-bond donors (Lipinski definition) is 1. The Morgan fingerprint density at radius 1 is 1.30 bits per heavy atom. The molecule has 1 N–H and O–H groups in total. The van der Waals surface area contributed by atoms with E-state index in [0.29, 0.717) is 32.4 Å². The molecule has 2 rings (SSSR count). The molecule has 0 saturated heterocycles. The highest BCUT2D eigenvalue weighted by Crippen LogP contribution is 2.31. The van der Waals surface area contributed by atoms with Crippen LogP contribution in [-0.2, 0) is 14.6 Å². The monoisotopic (exact) mass is 339 g/mol. The molecule has 1 aliphatic carbocycles. The highest BCUT2D eigenvalue weighted by atomic mass is 32.2. The van der Waals surface area contributed by atoms with Crippen molar-refractivity contribution in [3.05, 3.63) is 29.3 Å². The quantitative estimate of drug-likeness (QED) is 0.825. The van der Waals surface area contributed by atoms with E-state index in [1.54, 1.807) is 0 Å². The number of ether oxygens (including phenoxy) is 1. The van der Waals surface area contributed by atoms with Gasteiger partial charge < -0.3 is 10.1 Å². The van der Waals surface area contributed by atoms with E-state index in [9.17, 15) is 13.2 Å². The number of carbonyl (C=O) groups is 1. The smallest absolute Gasteiger partial charge is 0.223 e. The van der Waals surface area contributed by atoms with Crippen molar-refractivity contribution >= 4 is 15.7 Å². The summed E-state index contributed by atoms with van der Waals surface area (Å²) in [6.07, 6.45) is 2.88. The van der Waals surface area contributed by atoms with E-state index in [-0.39, 0.29) is 17.1 Å². The van der Waals surface area contributed by atoms with Crippen molar-refractivity contribution < 1.29 is 17.9 Å². The lowest BCUT2D eigenvalue weighted by Gasteiger charge is -2.33. The fourth-order valence-electron chi connectivity index (χ4n) is 2.65. The third-order valence-electron chi connectivity index (χ3n) is 4.32. The van der Waals surface area contributed by atoms with Crippen LogP contribution in [-0.4, -0.2) is 39.0 Å². The minimum atomic E-state index is -2.92. The highest BCUT2D eigenvalue weighted by molar-refractivity contribution is 7.91. The maximum atomic E-state index is 11.8. The second-order valence-corrected chi connectivity index (χ2v) is 8.79. The molecule has 0 spiro atoms. The van der Waals surface area contributed by atoms with E-state index >= 15 is 0 Å². The fourth-order valence-corrected chi connectivity index (χ4v) is 3.90.